The zero-order valence-electron chi connectivity index (χ0n) is 44.0. The summed E-state index contributed by atoms with van der Waals surface area (Å²) < 4.78 is 4.94. The molecule has 0 unspecified atom stereocenters. The summed E-state index contributed by atoms with van der Waals surface area (Å²) in [5.74, 6) is -0.434. The van der Waals surface area contributed by atoms with E-state index in [1.807, 2.05) is 115 Å². The second-order valence-corrected chi connectivity index (χ2v) is 19.8. The van der Waals surface area contributed by atoms with E-state index in [1.54, 1.807) is 0 Å². The summed E-state index contributed by atoms with van der Waals surface area (Å²) in [6.45, 7) is 2.00. The first kappa shape index (κ1) is 52.1. The van der Waals surface area contributed by atoms with Crippen LogP contribution in [0.15, 0.2) is 242 Å². The highest BCUT2D eigenvalue weighted by Crippen LogP contribution is 2.55. The molecule has 3 amide bonds. The van der Waals surface area contributed by atoms with Gasteiger partial charge in [-0.15, -0.1) is 0 Å². The minimum atomic E-state index is -0.148. The molecule has 1 aliphatic heterocycles. The number of fused-ring (bicyclic) bond motifs is 9. The van der Waals surface area contributed by atoms with Crippen LogP contribution in [0.4, 0.5) is 17.1 Å². The molecule has 0 aromatic heterocycles. The number of carbonyl (C=O) groups is 4. The van der Waals surface area contributed by atoms with E-state index in [-0.39, 0.29) is 23.5 Å². The van der Waals surface area contributed by atoms with Gasteiger partial charge in [-0.3, -0.25) is 19.2 Å². The van der Waals surface area contributed by atoms with Crippen molar-refractivity contribution in [3.63, 3.8) is 0 Å². The number of carbonyl (C=O) groups excluding carboxylic acids is 4. The number of benzene rings is 9. The smallest absolute Gasteiger partial charge is 0.255 e. The second-order valence-electron chi connectivity index (χ2n) is 19.8. The molecule has 0 atom stereocenters. The molecule has 9 heteroatoms. The average molecular weight is 1050 g/mol. The number of rotatable bonds is 6. The molecule has 80 heavy (non-hydrogen) atoms. The van der Waals surface area contributed by atoms with Gasteiger partial charge >= 0.3 is 0 Å². The molecule has 5 aliphatic rings. The summed E-state index contributed by atoms with van der Waals surface area (Å²) >= 11 is 0. The monoisotopic (exact) mass is 1050 g/mol. The number of ether oxygens (including phenoxy) is 1. The fourth-order valence-electron chi connectivity index (χ4n) is 10.7. The highest BCUT2D eigenvalue weighted by molar-refractivity contribution is 6.20. The molecule has 9 nitrogen and oxygen atoms in total. The van der Waals surface area contributed by atoms with Crippen LogP contribution in [0.1, 0.15) is 90.1 Å². The number of ketones is 1. The van der Waals surface area contributed by atoms with Crippen molar-refractivity contribution in [2.75, 3.05) is 29.2 Å². The van der Waals surface area contributed by atoms with Crippen molar-refractivity contribution < 1.29 is 29.0 Å². The van der Waals surface area contributed by atoms with Crippen molar-refractivity contribution in [2.45, 2.75) is 32.1 Å². The summed E-state index contributed by atoms with van der Waals surface area (Å²) in [7, 11) is 0. The summed E-state index contributed by atoms with van der Waals surface area (Å²) in [5, 5.41) is 17.6. The molecule has 14 rings (SSSR count). The van der Waals surface area contributed by atoms with Crippen LogP contribution in [0.3, 0.4) is 0 Å². The molecule has 0 spiro atoms. The van der Waals surface area contributed by atoms with Gasteiger partial charge in [0.1, 0.15) is 0 Å². The first-order valence-electron chi connectivity index (χ1n) is 27.0. The van der Waals surface area contributed by atoms with Crippen LogP contribution >= 0.6 is 0 Å². The van der Waals surface area contributed by atoms with E-state index in [0.29, 0.717) is 28.7 Å². The lowest BCUT2D eigenvalue weighted by Crippen LogP contribution is -2.11. The van der Waals surface area contributed by atoms with Crippen LogP contribution in [0.5, 0.6) is 0 Å². The first-order valence-corrected chi connectivity index (χ1v) is 27.0. The maximum atomic E-state index is 13.1. The number of allylic oxidation sites excluding steroid dienone is 3. The third-order valence-corrected chi connectivity index (χ3v) is 14.6. The van der Waals surface area contributed by atoms with Crippen molar-refractivity contribution in [1.29, 1.82) is 0 Å². The van der Waals surface area contributed by atoms with Crippen LogP contribution in [0.2, 0.25) is 0 Å². The summed E-state index contributed by atoms with van der Waals surface area (Å²) in [4.78, 5) is 49.1. The Hall–Kier alpha value is -9.96. The van der Waals surface area contributed by atoms with Gasteiger partial charge in [-0.1, -0.05) is 152 Å². The summed E-state index contributed by atoms with van der Waals surface area (Å²) in [5.41, 5.74) is 21.1. The van der Waals surface area contributed by atoms with E-state index in [2.05, 4.69) is 125 Å². The Bertz CT molecular complexity index is 3730. The van der Waals surface area contributed by atoms with E-state index in [4.69, 9.17) is 9.84 Å². The highest BCUT2D eigenvalue weighted by Gasteiger charge is 2.33. The molecule has 9 aromatic carbocycles. The van der Waals surface area contributed by atoms with Crippen LogP contribution in [-0.4, -0.2) is 41.8 Å². The molecule has 0 saturated carbocycles. The topological polar surface area (TPSA) is 134 Å². The fraction of sp³-hybridized carbons (Fsp3) is 0.0986. The van der Waals surface area contributed by atoms with Gasteiger partial charge in [0.05, 0.1) is 6.26 Å². The Kier molecular flexibility index (Phi) is 15.7. The average Bonchev–Trinajstić information content (AvgIpc) is 4.51. The SMILES string of the molecule is C1CCOC1.O=C(Nc1ccc2c(c1)/C(=C1\c3ccccc3-c3ccc(NC(=O)c4ccccc4)cc31)c1ccccc1-2)c1ccccc1.O=C(Nc1ccc2c(c1)Cc1ccccc1-2)c1ccccc1.O=C1C=CCCC1=CO. The predicted octanol–water partition coefficient (Wildman–Crippen LogP) is 15.8. The third kappa shape index (κ3) is 11.4. The molecule has 9 aromatic rings. The maximum absolute atomic E-state index is 13.1. The van der Waals surface area contributed by atoms with Crippen LogP contribution in [0, 0.1) is 0 Å². The van der Waals surface area contributed by atoms with Gasteiger partial charge < -0.3 is 25.8 Å². The molecule has 392 valence electrons. The van der Waals surface area contributed by atoms with Crippen molar-refractivity contribution >= 4 is 51.7 Å². The number of nitrogens with one attached hydrogen (secondary N) is 3. The largest absolute Gasteiger partial charge is 0.515 e. The van der Waals surface area contributed by atoms with E-state index in [0.717, 1.165) is 105 Å². The molecule has 1 saturated heterocycles. The van der Waals surface area contributed by atoms with Crippen molar-refractivity contribution in [3.05, 3.63) is 292 Å². The Balaban J connectivity index is 0.000000153. The van der Waals surface area contributed by atoms with Gasteiger partial charge in [-0.2, -0.15) is 0 Å². The third-order valence-electron chi connectivity index (χ3n) is 14.6. The molecule has 1 heterocycles. The molecular formula is C71H57N3O6. The Morgan fingerprint density at radius 1 is 0.412 bits per heavy atom. The van der Waals surface area contributed by atoms with E-state index in [1.165, 1.54) is 41.2 Å². The zero-order valence-corrected chi connectivity index (χ0v) is 44.0. The molecule has 4 aliphatic carbocycles. The van der Waals surface area contributed by atoms with Crippen molar-refractivity contribution in [3.8, 4) is 33.4 Å². The number of hydrogen-bond acceptors (Lipinski definition) is 6. The molecule has 0 bridgehead atoms. The van der Waals surface area contributed by atoms with Gasteiger partial charge in [-0.05, 0) is 189 Å². The van der Waals surface area contributed by atoms with Gasteiger partial charge in [0.2, 0.25) is 0 Å². The lowest BCUT2D eigenvalue weighted by Gasteiger charge is -2.14. The standard InChI is InChI=1S/C40H26N2O2.C20H15NO.C7H8O2.C4H8O/c43-39(25-11-3-1-4-12-25)41-27-19-21-31-29-15-7-9-17-33(29)37(35(31)23-27)38-34-18-10-8-16-30(34)32-22-20-28(24-36(32)38)42-40(44)26-13-5-2-6-14-26;22-20(14-6-2-1-3-7-14)21-17-10-11-19-16(13-17)12-15-8-4-5-9-18(15)19;8-5-6-3-1-2-4-7(6)9;1-2-4-5-3-1/h1-24H,(H,41,43)(H,42,44);1-11,13H,12H2,(H,21,22);2,4-5,8H,1,3H2;1-4H2/b38-37+;;;. The fourth-order valence-corrected chi connectivity index (χ4v) is 10.7. The second kappa shape index (κ2) is 24.2. The normalized spacial score (nSPS) is 14.9. The Labute approximate surface area is 465 Å². The molecule has 4 N–H and O–H groups in total. The summed E-state index contributed by atoms with van der Waals surface area (Å²) in [6, 6.07) is 71.6. The number of aliphatic hydroxyl groups excluding tert-OH is 1. The Morgan fingerprint density at radius 3 is 1.23 bits per heavy atom. The number of amides is 3. The highest BCUT2D eigenvalue weighted by atomic mass is 16.5. The first-order chi connectivity index (χ1) is 39.3. The number of aliphatic hydroxyl groups is 1. The van der Waals surface area contributed by atoms with Crippen LogP contribution < -0.4 is 16.0 Å². The lowest BCUT2D eigenvalue weighted by atomic mass is 9.91. The van der Waals surface area contributed by atoms with Crippen molar-refractivity contribution in [2.24, 2.45) is 0 Å². The van der Waals surface area contributed by atoms with E-state index in [9.17, 15) is 19.2 Å². The van der Waals surface area contributed by atoms with Crippen LogP contribution in [-0.2, 0) is 16.0 Å². The van der Waals surface area contributed by atoms with E-state index >= 15 is 0 Å². The summed E-state index contributed by atoms with van der Waals surface area (Å²) in [6.07, 6.45) is 9.22. The van der Waals surface area contributed by atoms with E-state index < -0.39 is 0 Å². The maximum Gasteiger partial charge on any atom is 0.255 e. The number of anilines is 3. The van der Waals surface area contributed by atoms with Gasteiger partial charge in [0, 0.05) is 52.5 Å². The van der Waals surface area contributed by atoms with Crippen molar-refractivity contribution in [1.82, 2.24) is 0 Å². The Morgan fingerprint density at radius 2 is 0.800 bits per heavy atom. The number of hydrogen-bond donors (Lipinski definition) is 4. The molecule has 0 radical (unpaired) electrons. The van der Waals surface area contributed by atoms with Gasteiger partial charge in [0.25, 0.3) is 17.7 Å². The minimum Gasteiger partial charge on any atom is -0.515 e. The van der Waals surface area contributed by atoms with Gasteiger partial charge in [0.15, 0.2) is 5.78 Å². The quantitative estimate of drug-likeness (QED) is 0.0968. The van der Waals surface area contributed by atoms with Crippen LogP contribution in [0.25, 0.3) is 44.5 Å². The lowest BCUT2D eigenvalue weighted by molar-refractivity contribution is -0.111. The molecular weight excluding hydrogens is 991 g/mol. The zero-order chi connectivity index (χ0) is 54.8. The molecule has 1 fully saturated rings. The predicted molar refractivity (Wildman–Crippen MR) is 321 cm³/mol. The van der Waals surface area contributed by atoms with Gasteiger partial charge in [-0.25, -0.2) is 0 Å². The minimum absolute atomic E-state index is 0.0660.